The molecule has 82 valence electrons. The van der Waals surface area contributed by atoms with E-state index in [1.54, 1.807) is 0 Å². The van der Waals surface area contributed by atoms with Crippen LogP contribution < -0.4 is 0 Å². The van der Waals surface area contributed by atoms with Crippen molar-refractivity contribution >= 4 is 5.78 Å². The summed E-state index contributed by atoms with van der Waals surface area (Å²) in [6.45, 7) is 6.01. The second-order valence-corrected chi connectivity index (χ2v) is 4.52. The molecule has 14 heavy (non-hydrogen) atoms. The van der Waals surface area contributed by atoms with Crippen molar-refractivity contribution in [2.75, 3.05) is 0 Å². The zero-order chi connectivity index (χ0) is 10.6. The van der Waals surface area contributed by atoms with Crippen LogP contribution in [-0.2, 0) is 9.53 Å². The van der Waals surface area contributed by atoms with Gasteiger partial charge >= 0.3 is 0 Å². The summed E-state index contributed by atoms with van der Waals surface area (Å²) in [7, 11) is 0. The molecule has 1 aliphatic carbocycles. The summed E-state index contributed by atoms with van der Waals surface area (Å²) in [5, 5.41) is 0. The van der Waals surface area contributed by atoms with Crippen LogP contribution in [0.1, 0.15) is 52.9 Å². The van der Waals surface area contributed by atoms with Gasteiger partial charge in [0.2, 0.25) is 0 Å². The Balaban J connectivity index is 2.40. The Hall–Kier alpha value is -0.370. The van der Waals surface area contributed by atoms with Crippen LogP contribution in [0.5, 0.6) is 0 Å². The van der Waals surface area contributed by atoms with Crippen molar-refractivity contribution in [2.45, 2.75) is 65.1 Å². The van der Waals surface area contributed by atoms with E-state index in [0.717, 1.165) is 25.7 Å². The Morgan fingerprint density at radius 3 is 2.43 bits per heavy atom. The Morgan fingerprint density at radius 1 is 1.43 bits per heavy atom. The van der Waals surface area contributed by atoms with Crippen LogP contribution in [0.15, 0.2) is 0 Å². The van der Waals surface area contributed by atoms with Gasteiger partial charge in [-0.1, -0.05) is 27.2 Å². The molecule has 1 atom stereocenters. The SMILES string of the molecule is CCC[C@H](OC1CCC1)C(=O)C(C)C. The van der Waals surface area contributed by atoms with Crippen LogP contribution in [0, 0.1) is 5.92 Å². The van der Waals surface area contributed by atoms with Gasteiger partial charge in [-0.3, -0.25) is 4.79 Å². The molecule has 0 saturated heterocycles. The molecule has 2 heteroatoms. The average molecular weight is 198 g/mol. The van der Waals surface area contributed by atoms with Gasteiger partial charge in [-0.2, -0.15) is 0 Å². The minimum absolute atomic E-state index is 0.103. The van der Waals surface area contributed by atoms with Crippen LogP contribution in [0.3, 0.4) is 0 Å². The zero-order valence-electron chi connectivity index (χ0n) is 9.58. The second kappa shape index (κ2) is 5.50. The standard InChI is InChI=1S/C12H22O2/c1-4-6-11(12(13)9(2)3)14-10-7-5-8-10/h9-11H,4-8H2,1-3H3/t11-/m0/s1. The number of Topliss-reactive ketones (excluding diaryl/α,β-unsaturated/α-hetero) is 1. The first kappa shape index (κ1) is 11.7. The maximum atomic E-state index is 11.8. The quantitative estimate of drug-likeness (QED) is 0.656. The smallest absolute Gasteiger partial charge is 0.164 e. The van der Waals surface area contributed by atoms with Crippen molar-refractivity contribution in [2.24, 2.45) is 5.92 Å². The van der Waals surface area contributed by atoms with Gasteiger partial charge in [0.1, 0.15) is 6.10 Å². The predicted octanol–water partition coefficient (Wildman–Crippen LogP) is 2.95. The van der Waals surface area contributed by atoms with E-state index >= 15 is 0 Å². The summed E-state index contributed by atoms with van der Waals surface area (Å²) in [5.74, 6) is 0.380. The molecule has 1 aliphatic rings. The molecule has 0 spiro atoms. The molecule has 0 amide bonds. The Labute approximate surface area is 87.0 Å². The molecule has 0 aromatic carbocycles. The normalized spacial score (nSPS) is 19.4. The highest BCUT2D eigenvalue weighted by Crippen LogP contribution is 2.25. The van der Waals surface area contributed by atoms with E-state index < -0.39 is 0 Å². The largest absolute Gasteiger partial charge is 0.367 e. The fourth-order valence-corrected chi connectivity index (χ4v) is 1.65. The summed E-state index contributed by atoms with van der Waals surface area (Å²) < 4.78 is 5.80. The van der Waals surface area contributed by atoms with Crippen LogP contribution >= 0.6 is 0 Å². The minimum atomic E-state index is -0.134. The van der Waals surface area contributed by atoms with Crippen LogP contribution in [0.2, 0.25) is 0 Å². The van der Waals surface area contributed by atoms with Crippen LogP contribution in [0.25, 0.3) is 0 Å². The number of carbonyl (C=O) groups excluding carboxylic acids is 1. The Kier molecular flexibility index (Phi) is 4.59. The summed E-state index contributed by atoms with van der Waals surface area (Å²) in [5.41, 5.74) is 0. The van der Waals surface area contributed by atoms with E-state index in [1.165, 1.54) is 6.42 Å². The molecule has 0 aliphatic heterocycles. The first-order chi connectivity index (χ1) is 6.65. The van der Waals surface area contributed by atoms with Crippen LogP contribution in [-0.4, -0.2) is 18.0 Å². The van der Waals surface area contributed by atoms with Crippen molar-refractivity contribution in [3.05, 3.63) is 0 Å². The number of ketones is 1. The summed E-state index contributed by atoms with van der Waals surface area (Å²) in [6, 6.07) is 0. The highest BCUT2D eigenvalue weighted by molar-refractivity contribution is 5.84. The number of hydrogen-bond acceptors (Lipinski definition) is 2. The molecule has 0 N–H and O–H groups in total. The van der Waals surface area contributed by atoms with E-state index in [4.69, 9.17) is 4.74 Å². The van der Waals surface area contributed by atoms with Gasteiger partial charge in [-0.15, -0.1) is 0 Å². The first-order valence-corrected chi connectivity index (χ1v) is 5.84. The molecule has 1 saturated carbocycles. The van der Waals surface area contributed by atoms with E-state index in [0.29, 0.717) is 6.10 Å². The predicted molar refractivity (Wildman–Crippen MR) is 57.3 cm³/mol. The highest BCUT2D eigenvalue weighted by atomic mass is 16.5. The number of ether oxygens (including phenoxy) is 1. The fraction of sp³-hybridized carbons (Fsp3) is 0.917. The molecule has 0 aromatic rings. The van der Waals surface area contributed by atoms with E-state index in [9.17, 15) is 4.79 Å². The monoisotopic (exact) mass is 198 g/mol. The topological polar surface area (TPSA) is 26.3 Å². The van der Waals surface area contributed by atoms with Gasteiger partial charge in [0.25, 0.3) is 0 Å². The molecule has 1 rings (SSSR count). The molecule has 0 unspecified atom stereocenters. The van der Waals surface area contributed by atoms with E-state index in [1.807, 2.05) is 13.8 Å². The number of rotatable bonds is 6. The van der Waals surface area contributed by atoms with E-state index in [2.05, 4.69) is 6.92 Å². The highest BCUT2D eigenvalue weighted by Gasteiger charge is 2.27. The average Bonchev–Trinajstić information content (AvgIpc) is 2.07. The van der Waals surface area contributed by atoms with Crippen molar-refractivity contribution in [3.8, 4) is 0 Å². The number of carbonyl (C=O) groups is 1. The summed E-state index contributed by atoms with van der Waals surface area (Å²) >= 11 is 0. The first-order valence-electron chi connectivity index (χ1n) is 5.84. The zero-order valence-corrected chi connectivity index (χ0v) is 9.58. The second-order valence-electron chi connectivity index (χ2n) is 4.52. The maximum Gasteiger partial charge on any atom is 0.164 e. The maximum absolute atomic E-state index is 11.8. The third-order valence-electron chi connectivity index (χ3n) is 2.85. The molecule has 0 bridgehead atoms. The molecule has 2 nitrogen and oxygen atoms in total. The van der Waals surface area contributed by atoms with Crippen molar-refractivity contribution in [1.29, 1.82) is 0 Å². The number of hydrogen-bond donors (Lipinski definition) is 0. The molecule has 0 heterocycles. The third-order valence-corrected chi connectivity index (χ3v) is 2.85. The fourth-order valence-electron chi connectivity index (χ4n) is 1.65. The van der Waals surface area contributed by atoms with Gasteiger partial charge in [-0.25, -0.2) is 0 Å². The molecule has 0 aromatic heterocycles. The van der Waals surface area contributed by atoms with Gasteiger partial charge in [-0.05, 0) is 25.7 Å². The molecular formula is C12H22O2. The molecular weight excluding hydrogens is 176 g/mol. The lowest BCUT2D eigenvalue weighted by molar-refractivity contribution is -0.141. The van der Waals surface area contributed by atoms with Gasteiger partial charge in [0.15, 0.2) is 5.78 Å². The van der Waals surface area contributed by atoms with Crippen molar-refractivity contribution < 1.29 is 9.53 Å². The van der Waals surface area contributed by atoms with Gasteiger partial charge in [0, 0.05) is 5.92 Å². The molecule has 1 fully saturated rings. The minimum Gasteiger partial charge on any atom is -0.367 e. The van der Waals surface area contributed by atoms with Crippen molar-refractivity contribution in [1.82, 2.24) is 0 Å². The van der Waals surface area contributed by atoms with Crippen LogP contribution in [0.4, 0.5) is 0 Å². The summed E-state index contributed by atoms with van der Waals surface area (Å²) in [4.78, 5) is 11.8. The lowest BCUT2D eigenvalue weighted by Crippen LogP contribution is -2.35. The van der Waals surface area contributed by atoms with E-state index in [-0.39, 0.29) is 17.8 Å². The molecule has 0 radical (unpaired) electrons. The van der Waals surface area contributed by atoms with Crippen molar-refractivity contribution in [3.63, 3.8) is 0 Å². The lowest BCUT2D eigenvalue weighted by atomic mass is 9.94. The Morgan fingerprint density at radius 2 is 2.07 bits per heavy atom. The van der Waals surface area contributed by atoms with Gasteiger partial charge in [0.05, 0.1) is 6.10 Å². The lowest BCUT2D eigenvalue weighted by Gasteiger charge is -2.30. The van der Waals surface area contributed by atoms with Gasteiger partial charge < -0.3 is 4.74 Å². The Bertz CT molecular complexity index is 183. The third kappa shape index (κ3) is 3.09. The summed E-state index contributed by atoms with van der Waals surface area (Å²) in [6.07, 6.45) is 5.69.